The highest BCUT2D eigenvalue weighted by molar-refractivity contribution is 7.87. The summed E-state index contributed by atoms with van der Waals surface area (Å²) in [5.41, 5.74) is 5.50. The van der Waals surface area contributed by atoms with Gasteiger partial charge in [0.25, 0.3) is 0 Å². The van der Waals surface area contributed by atoms with Gasteiger partial charge in [0, 0.05) is 0 Å². The third kappa shape index (κ3) is 5.06. The molecule has 0 spiro atoms. The van der Waals surface area contributed by atoms with E-state index < -0.39 is 10.1 Å². The average Bonchev–Trinajstić information content (AvgIpc) is 3.19. The van der Waals surface area contributed by atoms with Gasteiger partial charge in [-0.1, -0.05) is 41.2 Å². The van der Waals surface area contributed by atoms with E-state index in [1.807, 2.05) is 38.1 Å². The topological polar surface area (TPSA) is 89.9 Å². The van der Waals surface area contributed by atoms with Crippen LogP contribution < -0.4 is 14.3 Å². The molecular formula is C23H21N3O4S2. The van der Waals surface area contributed by atoms with Gasteiger partial charge in [0.15, 0.2) is 11.5 Å². The van der Waals surface area contributed by atoms with Crippen LogP contribution in [0.1, 0.15) is 18.1 Å². The van der Waals surface area contributed by atoms with Crippen molar-refractivity contribution in [3.05, 3.63) is 77.9 Å². The van der Waals surface area contributed by atoms with Crippen LogP contribution in [0.15, 0.2) is 76.7 Å². The Kier molecular flexibility index (Phi) is 6.38. The Morgan fingerprint density at radius 3 is 2.59 bits per heavy atom. The molecule has 3 aromatic carbocycles. The molecule has 9 heteroatoms. The molecule has 0 fully saturated rings. The molecule has 0 atom stereocenters. The molecule has 0 radical (unpaired) electrons. The van der Waals surface area contributed by atoms with Crippen LogP contribution in [0.25, 0.3) is 10.2 Å². The van der Waals surface area contributed by atoms with Crippen molar-refractivity contribution in [2.45, 2.75) is 18.7 Å². The average molecular weight is 468 g/mol. The molecule has 4 rings (SSSR count). The number of fused-ring (bicyclic) bond motifs is 1. The van der Waals surface area contributed by atoms with Gasteiger partial charge in [0.1, 0.15) is 4.90 Å². The first-order valence-corrected chi connectivity index (χ1v) is 12.1. The number of thiazole rings is 1. The summed E-state index contributed by atoms with van der Waals surface area (Å²) in [5, 5.41) is 4.90. The molecule has 0 aliphatic carbocycles. The number of ether oxygens (including phenoxy) is 1. The van der Waals surface area contributed by atoms with E-state index in [1.54, 1.807) is 36.5 Å². The molecule has 1 aromatic heterocycles. The van der Waals surface area contributed by atoms with Crippen LogP contribution >= 0.6 is 11.3 Å². The number of hydrogen-bond acceptors (Lipinski definition) is 8. The summed E-state index contributed by atoms with van der Waals surface area (Å²) in [6, 6.07) is 19.2. The second-order valence-corrected chi connectivity index (χ2v) is 9.42. The van der Waals surface area contributed by atoms with Gasteiger partial charge in [-0.25, -0.2) is 4.98 Å². The van der Waals surface area contributed by atoms with Crippen LogP contribution in [0, 0.1) is 6.92 Å². The molecule has 32 heavy (non-hydrogen) atoms. The first-order valence-electron chi connectivity index (χ1n) is 9.87. The summed E-state index contributed by atoms with van der Waals surface area (Å²) in [6.07, 6.45) is 1.60. The third-order valence-corrected chi connectivity index (χ3v) is 6.63. The number of rotatable bonds is 8. The molecule has 4 aromatic rings. The maximum atomic E-state index is 12.6. The van der Waals surface area contributed by atoms with E-state index in [2.05, 4.69) is 15.5 Å². The second kappa shape index (κ2) is 9.37. The van der Waals surface area contributed by atoms with Gasteiger partial charge in [-0.15, -0.1) is 0 Å². The number of para-hydroxylation sites is 1. The van der Waals surface area contributed by atoms with E-state index in [1.165, 1.54) is 23.5 Å². The maximum Gasteiger partial charge on any atom is 0.339 e. The predicted molar refractivity (Wildman–Crippen MR) is 127 cm³/mol. The Bertz CT molecular complexity index is 1330. The van der Waals surface area contributed by atoms with Crippen LogP contribution in [0.2, 0.25) is 0 Å². The number of aromatic nitrogens is 1. The fraction of sp³-hybridized carbons (Fsp3) is 0.130. The Hall–Kier alpha value is -3.43. The van der Waals surface area contributed by atoms with Gasteiger partial charge >= 0.3 is 10.1 Å². The van der Waals surface area contributed by atoms with Gasteiger partial charge in [-0.2, -0.15) is 13.5 Å². The quantitative estimate of drug-likeness (QED) is 0.217. The van der Waals surface area contributed by atoms with Gasteiger partial charge in [-0.05, 0) is 61.9 Å². The van der Waals surface area contributed by atoms with Crippen molar-refractivity contribution in [3.63, 3.8) is 0 Å². The minimum Gasteiger partial charge on any atom is -0.490 e. The lowest BCUT2D eigenvalue weighted by Crippen LogP contribution is -2.11. The van der Waals surface area contributed by atoms with E-state index in [-0.39, 0.29) is 10.6 Å². The Morgan fingerprint density at radius 2 is 1.84 bits per heavy atom. The molecule has 0 saturated heterocycles. The number of anilines is 1. The standard InChI is InChI=1S/C23H21N3O4S2/c1-3-29-21-14-17(15-24-26-23-25-19-6-4-5-7-22(19)31-23)10-13-20(21)30-32(27,28)18-11-8-16(2)9-12-18/h4-15H,3H2,1-2H3,(H,25,26)/b24-15-. The van der Waals surface area contributed by atoms with Crippen molar-refractivity contribution >= 4 is 43.0 Å². The highest BCUT2D eigenvalue weighted by atomic mass is 32.2. The number of aryl methyl sites for hydroxylation is 1. The predicted octanol–water partition coefficient (Wildman–Crippen LogP) is 5.22. The van der Waals surface area contributed by atoms with Crippen molar-refractivity contribution in [1.29, 1.82) is 0 Å². The smallest absolute Gasteiger partial charge is 0.339 e. The van der Waals surface area contributed by atoms with Crippen LogP contribution in [0.3, 0.4) is 0 Å². The zero-order valence-electron chi connectivity index (χ0n) is 17.5. The van der Waals surface area contributed by atoms with E-state index in [0.717, 1.165) is 15.8 Å². The molecule has 0 amide bonds. The number of nitrogens with zero attached hydrogens (tertiary/aromatic N) is 2. The second-order valence-electron chi connectivity index (χ2n) is 6.85. The van der Waals surface area contributed by atoms with Gasteiger partial charge in [0.05, 0.1) is 23.0 Å². The molecule has 1 heterocycles. The maximum absolute atomic E-state index is 12.6. The molecule has 7 nitrogen and oxygen atoms in total. The molecule has 1 N–H and O–H groups in total. The Balaban J connectivity index is 1.51. The van der Waals surface area contributed by atoms with E-state index in [0.29, 0.717) is 23.1 Å². The number of hydrogen-bond donors (Lipinski definition) is 1. The van der Waals surface area contributed by atoms with Gasteiger partial charge in [-0.3, -0.25) is 5.43 Å². The summed E-state index contributed by atoms with van der Waals surface area (Å²) >= 11 is 1.50. The van der Waals surface area contributed by atoms with Gasteiger partial charge < -0.3 is 8.92 Å². The molecule has 0 unspecified atom stereocenters. The fourth-order valence-electron chi connectivity index (χ4n) is 2.90. The summed E-state index contributed by atoms with van der Waals surface area (Å²) in [5.74, 6) is 0.427. The van der Waals surface area contributed by atoms with Crippen molar-refractivity contribution in [2.75, 3.05) is 12.0 Å². The van der Waals surface area contributed by atoms with Crippen molar-refractivity contribution in [2.24, 2.45) is 5.10 Å². The van der Waals surface area contributed by atoms with Crippen molar-refractivity contribution in [1.82, 2.24) is 4.98 Å². The van der Waals surface area contributed by atoms with Gasteiger partial charge in [0.2, 0.25) is 5.13 Å². The Labute approximate surface area is 190 Å². The monoisotopic (exact) mass is 467 g/mol. The minimum absolute atomic E-state index is 0.0798. The molecule has 0 saturated carbocycles. The summed E-state index contributed by atoms with van der Waals surface area (Å²) in [6.45, 7) is 4.05. The number of hydrazone groups is 1. The highest BCUT2D eigenvalue weighted by Gasteiger charge is 2.19. The highest BCUT2D eigenvalue weighted by Crippen LogP contribution is 2.31. The van der Waals surface area contributed by atoms with Crippen molar-refractivity contribution < 1.29 is 17.3 Å². The third-order valence-electron chi connectivity index (χ3n) is 4.44. The van der Waals surface area contributed by atoms with Crippen LogP contribution in [-0.4, -0.2) is 26.2 Å². The number of nitrogens with one attached hydrogen (secondary N) is 1. The van der Waals surface area contributed by atoms with Crippen molar-refractivity contribution in [3.8, 4) is 11.5 Å². The molecule has 0 aliphatic heterocycles. The largest absolute Gasteiger partial charge is 0.490 e. The van der Waals surface area contributed by atoms with E-state index in [4.69, 9.17) is 8.92 Å². The zero-order valence-corrected chi connectivity index (χ0v) is 19.1. The lowest BCUT2D eigenvalue weighted by Gasteiger charge is -2.12. The Morgan fingerprint density at radius 1 is 1.06 bits per heavy atom. The fourth-order valence-corrected chi connectivity index (χ4v) is 4.65. The normalized spacial score (nSPS) is 11.7. The molecular weight excluding hydrogens is 446 g/mol. The first kappa shape index (κ1) is 21.8. The minimum atomic E-state index is -3.98. The summed E-state index contributed by atoms with van der Waals surface area (Å²) in [7, 11) is -3.98. The van der Waals surface area contributed by atoms with E-state index in [9.17, 15) is 8.42 Å². The number of benzene rings is 3. The lowest BCUT2D eigenvalue weighted by atomic mass is 10.2. The zero-order chi connectivity index (χ0) is 22.6. The first-order chi connectivity index (χ1) is 15.4. The summed E-state index contributed by atoms with van der Waals surface area (Å²) < 4.78 is 37.3. The van der Waals surface area contributed by atoms with Crippen LogP contribution in [0.5, 0.6) is 11.5 Å². The van der Waals surface area contributed by atoms with E-state index >= 15 is 0 Å². The molecule has 164 valence electrons. The summed E-state index contributed by atoms with van der Waals surface area (Å²) in [4.78, 5) is 4.54. The molecule has 0 aliphatic rings. The molecule has 0 bridgehead atoms. The lowest BCUT2D eigenvalue weighted by molar-refractivity contribution is 0.327. The van der Waals surface area contributed by atoms with Crippen LogP contribution in [-0.2, 0) is 10.1 Å². The SMILES string of the molecule is CCOc1cc(/C=N\Nc2nc3ccccc3s2)ccc1OS(=O)(=O)c1ccc(C)cc1. The van der Waals surface area contributed by atoms with Crippen LogP contribution in [0.4, 0.5) is 5.13 Å².